The summed E-state index contributed by atoms with van der Waals surface area (Å²) in [6.07, 6.45) is 7.60. The summed E-state index contributed by atoms with van der Waals surface area (Å²) in [5.41, 5.74) is 3.35. The first-order valence-electron chi connectivity index (χ1n) is 7.40. The van der Waals surface area contributed by atoms with Crippen molar-refractivity contribution in [1.29, 1.82) is 0 Å². The predicted molar refractivity (Wildman–Crippen MR) is 84.4 cm³/mol. The maximum atomic E-state index is 12.2. The number of rotatable bonds is 3. The lowest BCUT2D eigenvalue weighted by atomic mass is 10.1. The molecule has 1 saturated carbocycles. The predicted octanol–water partition coefficient (Wildman–Crippen LogP) is 2.53. The van der Waals surface area contributed by atoms with E-state index in [0.717, 1.165) is 35.1 Å². The molecule has 0 bridgehead atoms. The molecule has 1 N–H and O–H groups in total. The Balaban J connectivity index is 1.76. The first kappa shape index (κ1) is 13.0. The average Bonchev–Trinajstić information content (AvgIpc) is 3.28. The van der Waals surface area contributed by atoms with Gasteiger partial charge in [0.2, 0.25) is 0 Å². The molecule has 5 nitrogen and oxygen atoms in total. The van der Waals surface area contributed by atoms with Crippen LogP contribution < -0.4 is 5.32 Å². The minimum atomic E-state index is -0.0236. The van der Waals surface area contributed by atoms with E-state index in [1.54, 1.807) is 18.5 Å². The van der Waals surface area contributed by atoms with Crippen LogP contribution in [0.15, 0.2) is 42.9 Å². The van der Waals surface area contributed by atoms with Crippen molar-refractivity contribution in [3.63, 3.8) is 0 Å². The third-order valence-corrected chi connectivity index (χ3v) is 3.98. The largest absolute Gasteiger partial charge is 0.349 e. The second-order valence-corrected chi connectivity index (χ2v) is 5.70. The first-order valence-corrected chi connectivity index (χ1v) is 7.40. The van der Waals surface area contributed by atoms with E-state index in [9.17, 15) is 4.79 Å². The Labute approximate surface area is 128 Å². The molecular weight excluding hydrogens is 276 g/mol. The zero-order valence-corrected chi connectivity index (χ0v) is 12.3. The van der Waals surface area contributed by atoms with Crippen LogP contribution in [0, 0.1) is 0 Å². The van der Waals surface area contributed by atoms with Gasteiger partial charge >= 0.3 is 0 Å². The lowest BCUT2D eigenvalue weighted by Gasteiger charge is -2.07. The Morgan fingerprint density at radius 1 is 1.23 bits per heavy atom. The molecule has 1 fully saturated rings. The molecule has 0 radical (unpaired) electrons. The van der Waals surface area contributed by atoms with Crippen molar-refractivity contribution in [3.8, 4) is 11.3 Å². The lowest BCUT2D eigenvalue weighted by Crippen LogP contribution is -2.25. The van der Waals surface area contributed by atoms with Gasteiger partial charge in [0.1, 0.15) is 5.65 Å². The third-order valence-electron chi connectivity index (χ3n) is 3.98. The summed E-state index contributed by atoms with van der Waals surface area (Å²) in [4.78, 5) is 21.0. The van der Waals surface area contributed by atoms with Crippen LogP contribution in [0.1, 0.15) is 23.2 Å². The van der Waals surface area contributed by atoms with Crippen LogP contribution in [-0.4, -0.2) is 26.5 Å². The summed E-state index contributed by atoms with van der Waals surface area (Å²) >= 11 is 0. The molecule has 1 aliphatic carbocycles. The highest BCUT2D eigenvalue weighted by atomic mass is 16.1. The molecule has 3 heterocycles. The Kier molecular flexibility index (Phi) is 2.92. The number of nitrogens with one attached hydrogen (secondary N) is 1. The average molecular weight is 292 g/mol. The van der Waals surface area contributed by atoms with Crippen LogP contribution in [0.2, 0.25) is 0 Å². The van der Waals surface area contributed by atoms with Gasteiger partial charge in [0, 0.05) is 48.2 Å². The summed E-state index contributed by atoms with van der Waals surface area (Å²) in [6.45, 7) is 0. The number of carbonyl (C=O) groups excluding carboxylic acids is 1. The fourth-order valence-electron chi connectivity index (χ4n) is 2.60. The number of amides is 1. The summed E-state index contributed by atoms with van der Waals surface area (Å²) in [7, 11) is 1.96. The number of hydrogen-bond acceptors (Lipinski definition) is 3. The van der Waals surface area contributed by atoms with Crippen LogP contribution in [-0.2, 0) is 7.05 Å². The Hall–Kier alpha value is -2.69. The number of hydrogen-bond donors (Lipinski definition) is 1. The molecule has 0 spiro atoms. The van der Waals surface area contributed by atoms with Gasteiger partial charge in [0.25, 0.3) is 5.91 Å². The lowest BCUT2D eigenvalue weighted by molar-refractivity contribution is 0.0951. The van der Waals surface area contributed by atoms with Gasteiger partial charge in [-0.05, 0) is 37.1 Å². The van der Waals surface area contributed by atoms with Gasteiger partial charge in [-0.1, -0.05) is 0 Å². The zero-order valence-electron chi connectivity index (χ0n) is 12.3. The second kappa shape index (κ2) is 4.94. The monoisotopic (exact) mass is 292 g/mol. The van der Waals surface area contributed by atoms with E-state index in [2.05, 4.69) is 15.3 Å². The molecular formula is C17H16N4O. The molecule has 0 aliphatic heterocycles. The molecule has 0 aromatic carbocycles. The molecule has 0 saturated heterocycles. The zero-order chi connectivity index (χ0) is 15.1. The smallest absolute Gasteiger partial charge is 0.251 e. The fourth-order valence-corrected chi connectivity index (χ4v) is 2.60. The van der Waals surface area contributed by atoms with Gasteiger partial charge in [-0.25, -0.2) is 4.98 Å². The van der Waals surface area contributed by atoms with E-state index in [1.807, 2.05) is 36.0 Å². The summed E-state index contributed by atoms with van der Waals surface area (Å²) in [5.74, 6) is -0.0236. The van der Waals surface area contributed by atoms with E-state index in [1.165, 1.54) is 0 Å². The highest BCUT2D eigenvalue weighted by Gasteiger charge is 2.24. The Morgan fingerprint density at radius 3 is 2.86 bits per heavy atom. The highest BCUT2D eigenvalue weighted by molar-refractivity contribution is 5.97. The van der Waals surface area contributed by atoms with Crippen molar-refractivity contribution in [2.75, 3.05) is 0 Å². The van der Waals surface area contributed by atoms with E-state index >= 15 is 0 Å². The number of aromatic nitrogens is 3. The van der Waals surface area contributed by atoms with Crippen LogP contribution >= 0.6 is 0 Å². The molecule has 3 aromatic rings. The Bertz CT molecular complexity index is 864. The molecule has 1 amide bonds. The number of nitrogens with zero attached hydrogens (tertiary/aromatic N) is 3. The van der Waals surface area contributed by atoms with E-state index < -0.39 is 0 Å². The normalized spacial score (nSPS) is 14.2. The molecule has 22 heavy (non-hydrogen) atoms. The number of aryl methyl sites for hydroxylation is 1. The van der Waals surface area contributed by atoms with E-state index in [0.29, 0.717) is 11.6 Å². The van der Waals surface area contributed by atoms with Crippen molar-refractivity contribution in [2.45, 2.75) is 18.9 Å². The molecule has 5 heteroatoms. The minimum absolute atomic E-state index is 0.0236. The standard InChI is InChI=1S/C17H16N4O/c1-21-9-6-14-13(5-8-19-16(14)21)15-10-11(4-7-18-15)17(22)20-12-2-3-12/h4-10,12H,2-3H2,1H3,(H,20,22). The minimum Gasteiger partial charge on any atom is -0.349 e. The molecule has 3 aromatic heterocycles. The SMILES string of the molecule is Cn1ccc2c(-c3cc(C(=O)NC4CC4)ccn3)ccnc21. The topological polar surface area (TPSA) is 59.8 Å². The van der Waals surface area contributed by atoms with Crippen LogP contribution in [0.25, 0.3) is 22.3 Å². The van der Waals surface area contributed by atoms with Gasteiger partial charge in [-0.2, -0.15) is 0 Å². The van der Waals surface area contributed by atoms with Gasteiger partial charge in [-0.3, -0.25) is 9.78 Å². The van der Waals surface area contributed by atoms with E-state index in [4.69, 9.17) is 0 Å². The second-order valence-electron chi connectivity index (χ2n) is 5.70. The van der Waals surface area contributed by atoms with Crippen molar-refractivity contribution in [2.24, 2.45) is 7.05 Å². The van der Waals surface area contributed by atoms with Crippen molar-refractivity contribution < 1.29 is 4.79 Å². The van der Waals surface area contributed by atoms with Crippen molar-refractivity contribution in [1.82, 2.24) is 19.9 Å². The van der Waals surface area contributed by atoms with Gasteiger partial charge < -0.3 is 9.88 Å². The number of carbonyl (C=O) groups is 1. The van der Waals surface area contributed by atoms with Gasteiger partial charge in [-0.15, -0.1) is 0 Å². The first-order chi connectivity index (χ1) is 10.7. The molecule has 110 valence electrons. The van der Waals surface area contributed by atoms with Crippen molar-refractivity contribution in [3.05, 3.63) is 48.4 Å². The van der Waals surface area contributed by atoms with Crippen molar-refractivity contribution >= 4 is 16.9 Å². The fraction of sp³-hybridized carbons (Fsp3) is 0.235. The third kappa shape index (κ3) is 2.24. The van der Waals surface area contributed by atoms with Crippen LogP contribution in [0.3, 0.4) is 0 Å². The Morgan fingerprint density at radius 2 is 2.05 bits per heavy atom. The summed E-state index contributed by atoms with van der Waals surface area (Å²) in [6, 6.07) is 7.92. The summed E-state index contributed by atoms with van der Waals surface area (Å²) < 4.78 is 1.97. The number of fused-ring (bicyclic) bond motifs is 1. The van der Waals surface area contributed by atoms with Crippen LogP contribution in [0.4, 0.5) is 0 Å². The van der Waals surface area contributed by atoms with Gasteiger partial charge in [0.05, 0.1) is 5.69 Å². The molecule has 1 aliphatic rings. The maximum Gasteiger partial charge on any atom is 0.251 e. The number of pyridine rings is 2. The summed E-state index contributed by atoms with van der Waals surface area (Å²) in [5, 5.41) is 4.05. The molecule has 4 rings (SSSR count). The highest BCUT2D eigenvalue weighted by Crippen LogP contribution is 2.27. The quantitative estimate of drug-likeness (QED) is 0.807. The van der Waals surface area contributed by atoms with Gasteiger partial charge in [0.15, 0.2) is 0 Å². The maximum absolute atomic E-state index is 12.2. The molecule has 0 unspecified atom stereocenters. The molecule has 0 atom stereocenters. The van der Waals surface area contributed by atoms with Crippen LogP contribution in [0.5, 0.6) is 0 Å². The van der Waals surface area contributed by atoms with E-state index in [-0.39, 0.29) is 5.91 Å².